The van der Waals surface area contributed by atoms with Crippen molar-refractivity contribution in [2.45, 2.75) is 12.3 Å². The fraction of sp³-hybridized carbons (Fsp3) is 0.400. The summed E-state index contributed by atoms with van der Waals surface area (Å²) in [4.78, 5) is 12.5. The van der Waals surface area contributed by atoms with E-state index in [-0.39, 0.29) is 11.6 Å². The Morgan fingerprint density at radius 3 is 2.67 bits per heavy atom. The lowest BCUT2D eigenvalue weighted by Gasteiger charge is -2.33. The molecule has 1 aliphatic heterocycles. The van der Waals surface area contributed by atoms with Crippen molar-refractivity contribution in [3.05, 3.63) is 33.9 Å². The van der Waals surface area contributed by atoms with Crippen molar-refractivity contribution in [3.8, 4) is 0 Å². The van der Waals surface area contributed by atoms with Gasteiger partial charge < -0.3 is 4.90 Å². The van der Waals surface area contributed by atoms with Crippen LogP contribution in [0.1, 0.15) is 12.0 Å². The van der Waals surface area contributed by atoms with Gasteiger partial charge in [0.2, 0.25) is 0 Å². The van der Waals surface area contributed by atoms with Gasteiger partial charge in [0.05, 0.1) is 10.8 Å². The van der Waals surface area contributed by atoms with E-state index in [2.05, 4.69) is 4.90 Å². The number of nitro benzene ring substituents is 1. The number of rotatable bonds is 3. The number of anilines is 1. The summed E-state index contributed by atoms with van der Waals surface area (Å²) in [5.74, 6) is 0.179. The molecule has 0 aliphatic carbocycles. The topological polar surface area (TPSA) is 46.4 Å². The van der Waals surface area contributed by atoms with Crippen LogP contribution >= 0.6 is 11.6 Å². The van der Waals surface area contributed by atoms with Gasteiger partial charge >= 0.3 is 0 Å². The first-order valence-corrected chi connectivity index (χ1v) is 5.34. The summed E-state index contributed by atoms with van der Waals surface area (Å²) < 4.78 is 0. The molecule has 0 unspecified atom stereocenters. The summed E-state index contributed by atoms with van der Waals surface area (Å²) in [5, 5.41) is 10.7. The van der Waals surface area contributed by atoms with E-state index < -0.39 is 4.92 Å². The molecule has 0 bridgehead atoms. The van der Waals surface area contributed by atoms with E-state index >= 15 is 0 Å². The Morgan fingerprint density at radius 1 is 1.47 bits per heavy atom. The fourth-order valence-electron chi connectivity index (χ4n) is 1.63. The van der Waals surface area contributed by atoms with Crippen molar-refractivity contribution >= 4 is 23.0 Å². The summed E-state index contributed by atoms with van der Waals surface area (Å²) >= 11 is 5.69. The molecule has 0 saturated carbocycles. The number of nitrogens with zero attached hydrogens (tertiary/aromatic N) is 2. The van der Waals surface area contributed by atoms with Crippen LogP contribution in [0.4, 0.5) is 11.4 Å². The summed E-state index contributed by atoms with van der Waals surface area (Å²) in [6.07, 6.45) is 1.19. The molecule has 80 valence electrons. The molecule has 1 aliphatic rings. The van der Waals surface area contributed by atoms with E-state index in [1.807, 2.05) is 6.07 Å². The largest absolute Gasteiger partial charge is 0.371 e. The highest BCUT2D eigenvalue weighted by Gasteiger charge is 2.18. The van der Waals surface area contributed by atoms with E-state index in [1.165, 1.54) is 12.5 Å². The van der Waals surface area contributed by atoms with Gasteiger partial charge in [-0.2, -0.15) is 0 Å². The minimum Gasteiger partial charge on any atom is -0.371 e. The van der Waals surface area contributed by atoms with Crippen molar-refractivity contribution < 1.29 is 4.92 Å². The molecule has 0 spiro atoms. The van der Waals surface area contributed by atoms with Crippen LogP contribution in [0, 0.1) is 10.1 Å². The van der Waals surface area contributed by atoms with Crippen LogP contribution < -0.4 is 4.90 Å². The number of alkyl halides is 1. The van der Waals surface area contributed by atoms with E-state index in [4.69, 9.17) is 11.6 Å². The van der Waals surface area contributed by atoms with E-state index in [9.17, 15) is 10.1 Å². The molecule has 1 saturated heterocycles. The molecular weight excluding hydrogens is 216 g/mol. The zero-order chi connectivity index (χ0) is 10.8. The third-order valence-electron chi connectivity index (χ3n) is 2.62. The molecule has 5 heteroatoms. The van der Waals surface area contributed by atoms with Crippen LogP contribution in [-0.2, 0) is 5.88 Å². The third kappa shape index (κ3) is 1.90. The van der Waals surface area contributed by atoms with Gasteiger partial charge in [0.1, 0.15) is 0 Å². The Kier molecular flexibility index (Phi) is 2.77. The van der Waals surface area contributed by atoms with Gasteiger partial charge in [-0.25, -0.2) is 0 Å². The first-order valence-electron chi connectivity index (χ1n) is 4.80. The predicted octanol–water partition coefficient (Wildman–Crippen LogP) is 2.54. The Bertz CT molecular complexity index is 391. The number of hydrogen-bond acceptors (Lipinski definition) is 3. The van der Waals surface area contributed by atoms with Crippen molar-refractivity contribution in [2.24, 2.45) is 0 Å². The molecule has 1 aromatic rings. The molecule has 0 atom stereocenters. The molecule has 4 nitrogen and oxygen atoms in total. The zero-order valence-electron chi connectivity index (χ0n) is 8.15. The molecule has 1 fully saturated rings. The summed E-state index contributed by atoms with van der Waals surface area (Å²) in [5.41, 5.74) is 1.72. The molecule has 0 N–H and O–H groups in total. The number of benzene rings is 1. The molecule has 15 heavy (non-hydrogen) atoms. The van der Waals surface area contributed by atoms with Crippen molar-refractivity contribution in [2.75, 3.05) is 18.0 Å². The van der Waals surface area contributed by atoms with Gasteiger partial charge in [0.25, 0.3) is 5.69 Å². The van der Waals surface area contributed by atoms with E-state index in [1.54, 1.807) is 6.07 Å². The normalized spacial score (nSPS) is 14.9. The minimum absolute atomic E-state index is 0.106. The van der Waals surface area contributed by atoms with E-state index in [0.29, 0.717) is 5.56 Å². The molecule has 0 radical (unpaired) electrons. The third-order valence-corrected chi connectivity index (χ3v) is 2.91. The highest BCUT2D eigenvalue weighted by molar-refractivity contribution is 6.17. The Balaban J connectivity index is 2.33. The first kappa shape index (κ1) is 10.2. The van der Waals surface area contributed by atoms with Gasteiger partial charge in [-0.05, 0) is 18.6 Å². The Morgan fingerprint density at radius 2 is 2.20 bits per heavy atom. The van der Waals surface area contributed by atoms with E-state index in [0.717, 1.165) is 18.8 Å². The number of hydrogen-bond donors (Lipinski definition) is 0. The molecule has 2 rings (SSSR count). The lowest BCUT2D eigenvalue weighted by molar-refractivity contribution is -0.385. The van der Waals surface area contributed by atoms with Gasteiger partial charge in [-0.15, -0.1) is 11.6 Å². The maximum Gasteiger partial charge on any atom is 0.273 e. The smallest absolute Gasteiger partial charge is 0.273 e. The first-order chi connectivity index (χ1) is 7.22. The summed E-state index contributed by atoms with van der Waals surface area (Å²) in [6.45, 7) is 2.05. The lowest BCUT2D eigenvalue weighted by atomic mass is 10.1. The van der Waals surface area contributed by atoms with Crippen LogP contribution in [0.5, 0.6) is 0 Å². The molecule has 0 amide bonds. The molecule has 0 aromatic heterocycles. The van der Waals surface area contributed by atoms with Gasteiger partial charge in [-0.1, -0.05) is 0 Å². The van der Waals surface area contributed by atoms with Crippen molar-refractivity contribution in [3.63, 3.8) is 0 Å². The highest BCUT2D eigenvalue weighted by atomic mass is 35.5. The fourth-order valence-corrected chi connectivity index (χ4v) is 1.84. The standard InChI is InChI=1S/C10H11ClN2O2/c11-7-8-6-9(12-4-1-5-12)2-3-10(8)13(14)15/h2-3,6H,1,4-5,7H2. The van der Waals surface area contributed by atoms with Crippen LogP contribution in [0.25, 0.3) is 0 Å². The quantitative estimate of drug-likeness (QED) is 0.452. The molecular formula is C10H11ClN2O2. The zero-order valence-corrected chi connectivity index (χ0v) is 8.91. The van der Waals surface area contributed by atoms with Crippen LogP contribution in [0.2, 0.25) is 0 Å². The second kappa shape index (κ2) is 4.06. The van der Waals surface area contributed by atoms with Gasteiger partial charge in [0, 0.05) is 30.4 Å². The maximum absolute atomic E-state index is 10.7. The Labute approximate surface area is 92.6 Å². The lowest BCUT2D eigenvalue weighted by Crippen LogP contribution is -2.36. The Hall–Kier alpha value is -1.29. The molecule has 1 heterocycles. The molecule has 1 aromatic carbocycles. The van der Waals surface area contributed by atoms with Crippen molar-refractivity contribution in [1.29, 1.82) is 0 Å². The average molecular weight is 227 g/mol. The summed E-state index contributed by atoms with van der Waals surface area (Å²) in [6, 6.07) is 5.13. The maximum atomic E-state index is 10.7. The van der Waals surface area contributed by atoms with Gasteiger partial charge in [0.15, 0.2) is 0 Å². The predicted molar refractivity (Wildman–Crippen MR) is 59.5 cm³/mol. The van der Waals surface area contributed by atoms with Crippen LogP contribution in [-0.4, -0.2) is 18.0 Å². The van der Waals surface area contributed by atoms with Gasteiger partial charge in [-0.3, -0.25) is 10.1 Å². The SMILES string of the molecule is O=[N+]([O-])c1ccc(N2CCC2)cc1CCl. The number of nitro groups is 1. The minimum atomic E-state index is -0.391. The number of halogens is 1. The van der Waals surface area contributed by atoms with Crippen molar-refractivity contribution in [1.82, 2.24) is 0 Å². The second-order valence-electron chi connectivity index (χ2n) is 3.54. The summed E-state index contributed by atoms with van der Waals surface area (Å²) in [7, 11) is 0. The average Bonchev–Trinajstić information content (AvgIpc) is 2.14. The monoisotopic (exact) mass is 226 g/mol. The highest BCUT2D eigenvalue weighted by Crippen LogP contribution is 2.28. The second-order valence-corrected chi connectivity index (χ2v) is 3.81. The van der Waals surface area contributed by atoms with Crippen LogP contribution in [0.15, 0.2) is 18.2 Å². The van der Waals surface area contributed by atoms with Crippen LogP contribution in [0.3, 0.4) is 0 Å².